The van der Waals surface area contributed by atoms with Crippen molar-refractivity contribution in [3.8, 4) is 0 Å². The maximum atomic E-state index is 12.3. The zero-order valence-electron chi connectivity index (χ0n) is 15.5. The molecule has 1 atom stereocenters. The zero-order chi connectivity index (χ0) is 18.0. The average Bonchev–Trinajstić information content (AvgIpc) is 3.04. The van der Waals surface area contributed by atoms with Crippen LogP contribution in [0.4, 0.5) is 10.6 Å². The molecule has 1 aromatic rings. The summed E-state index contributed by atoms with van der Waals surface area (Å²) in [4.78, 5) is 18.8. The summed E-state index contributed by atoms with van der Waals surface area (Å²) >= 11 is 0. The van der Waals surface area contributed by atoms with E-state index in [4.69, 9.17) is 15.2 Å². The van der Waals surface area contributed by atoms with E-state index in [0.717, 1.165) is 38.2 Å². The molecule has 0 aromatic carbocycles. The second-order valence-corrected chi connectivity index (χ2v) is 8.01. The number of amides is 1. The number of pyridine rings is 1. The molecule has 25 heavy (non-hydrogen) atoms. The van der Waals surface area contributed by atoms with E-state index in [-0.39, 0.29) is 12.0 Å². The molecular formula is C19H29N3O3. The van der Waals surface area contributed by atoms with Gasteiger partial charge in [0.1, 0.15) is 11.4 Å². The van der Waals surface area contributed by atoms with Crippen LogP contribution < -0.4 is 5.73 Å². The lowest BCUT2D eigenvalue weighted by Crippen LogP contribution is -2.35. The predicted molar refractivity (Wildman–Crippen MR) is 96.6 cm³/mol. The fourth-order valence-corrected chi connectivity index (χ4v) is 3.66. The third kappa shape index (κ3) is 4.42. The van der Waals surface area contributed by atoms with Crippen LogP contribution in [0.1, 0.15) is 63.1 Å². The molecule has 3 heterocycles. The minimum atomic E-state index is -0.474. The van der Waals surface area contributed by atoms with Gasteiger partial charge >= 0.3 is 6.09 Å². The number of hydrogen-bond acceptors (Lipinski definition) is 5. The van der Waals surface area contributed by atoms with Crippen LogP contribution in [-0.2, 0) is 9.47 Å². The van der Waals surface area contributed by atoms with Crippen molar-refractivity contribution in [3.63, 3.8) is 0 Å². The number of nitrogens with two attached hydrogens (primary N) is 1. The number of rotatable bonds is 2. The number of hydrogen-bond donors (Lipinski definition) is 1. The molecule has 138 valence electrons. The number of nitrogens with zero attached hydrogens (tertiary/aromatic N) is 2. The van der Waals surface area contributed by atoms with Gasteiger partial charge in [-0.1, -0.05) is 6.07 Å². The van der Waals surface area contributed by atoms with Crippen molar-refractivity contribution in [2.75, 3.05) is 32.0 Å². The highest BCUT2D eigenvalue weighted by Crippen LogP contribution is 2.36. The lowest BCUT2D eigenvalue weighted by molar-refractivity contribution is 0.0292. The standard InChI is InChI=1S/C19H29N3O3/c1-19(2,3)25-18(23)22-9-6-14(12-22)17-15(4-5-16(20)21-17)13-7-10-24-11-8-13/h4-5,13-14H,6-12H2,1-3H3,(H2,20,21). The molecule has 0 radical (unpaired) electrons. The van der Waals surface area contributed by atoms with Crippen LogP contribution in [0, 0.1) is 0 Å². The smallest absolute Gasteiger partial charge is 0.410 e. The van der Waals surface area contributed by atoms with Gasteiger partial charge in [0.2, 0.25) is 0 Å². The molecule has 0 aliphatic carbocycles. The number of aromatic nitrogens is 1. The van der Waals surface area contributed by atoms with Crippen molar-refractivity contribution in [1.29, 1.82) is 0 Å². The first-order chi connectivity index (χ1) is 11.8. The van der Waals surface area contributed by atoms with Crippen molar-refractivity contribution in [2.45, 2.75) is 57.5 Å². The zero-order valence-corrected chi connectivity index (χ0v) is 15.5. The Labute approximate surface area is 149 Å². The van der Waals surface area contributed by atoms with Gasteiger partial charge in [0.25, 0.3) is 0 Å². The van der Waals surface area contributed by atoms with Crippen LogP contribution >= 0.6 is 0 Å². The fourth-order valence-electron chi connectivity index (χ4n) is 3.66. The molecule has 6 heteroatoms. The van der Waals surface area contributed by atoms with Crippen molar-refractivity contribution in [3.05, 3.63) is 23.4 Å². The summed E-state index contributed by atoms with van der Waals surface area (Å²) in [6.45, 7) is 8.60. The van der Waals surface area contributed by atoms with Crippen LogP contribution in [0.3, 0.4) is 0 Å². The highest BCUT2D eigenvalue weighted by molar-refractivity contribution is 5.68. The number of likely N-dealkylation sites (tertiary alicyclic amines) is 1. The molecule has 2 N–H and O–H groups in total. The van der Waals surface area contributed by atoms with E-state index in [9.17, 15) is 4.79 Å². The Morgan fingerprint density at radius 3 is 2.64 bits per heavy atom. The normalized spacial score (nSPS) is 22.2. The summed E-state index contributed by atoms with van der Waals surface area (Å²) in [5.41, 5.74) is 7.81. The molecule has 0 bridgehead atoms. The number of ether oxygens (including phenoxy) is 2. The van der Waals surface area contributed by atoms with Crippen LogP contribution in [0.5, 0.6) is 0 Å². The Balaban J connectivity index is 1.76. The van der Waals surface area contributed by atoms with E-state index in [1.54, 1.807) is 4.90 Å². The molecule has 2 aliphatic rings. The average molecular weight is 347 g/mol. The van der Waals surface area contributed by atoms with Crippen molar-refractivity contribution >= 4 is 11.9 Å². The first kappa shape index (κ1) is 18.0. The Kier molecular flexibility index (Phi) is 5.18. The van der Waals surface area contributed by atoms with Crippen LogP contribution in [0.25, 0.3) is 0 Å². The molecule has 1 unspecified atom stereocenters. The quantitative estimate of drug-likeness (QED) is 0.888. The second kappa shape index (κ2) is 7.20. The molecule has 2 fully saturated rings. The summed E-state index contributed by atoms with van der Waals surface area (Å²) in [5.74, 6) is 1.22. The van der Waals surface area contributed by atoms with Crippen molar-refractivity contribution < 1.29 is 14.3 Å². The summed E-state index contributed by atoms with van der Waals surface area (Å²) in [6.07, 6.45) is 2.68. The number of nitrogen functional groups attached to an aromatic ring is 1. The largest absolute Gasteiger partial charge is 0.444 e. The van der Waals surface area contributed by atoms with Crippen molar-refractivity contribution in [2.24, 2.45) is 0 Å². The predicted octanol–water partition coefficient (Wildman–Crippen LogP) is 3.28. The molecule has 2 aliphatic heterocycles. The van der Waals surface area contributed by atoms with E-state index in [2.05, 4.69) is 11.1 Å². The van der Waals surface area contributed by atoms with Crippen LogP contribution in [0.15, 0.2) is 12.1 Å². The third-order valence-corrected chi connectivity index (χ3v) is 4.87. The molecule has 2 saturated heterocycles. The fraction of sp³-hybridized carbons (Fsp3) is 0.684. The van der Waals surface area contributed by atoms with Crippen LogP contribution in [-0.4, -0.2) is 47.9 Å². The lowest BCUT2D eigenvalue weighted by Gasteiger charge is -2.26. The maximum Gasteiger partial charge on any atom is 0.410 e. The van der Waals surface area contributed by atoms with E-state index in [1.807, 2.05) is 26.8 Å². The highest BCUT2D eigenvalue weighted by Gasteiger charge is 2.33. The second-order valence-electron chi connectivity index (χ2n) is 8.01. The Morgan fingerprint density at radius 2 is 1.96 bits per heavy atom. The monoisotopic (exact) mass is 347 g/mol. The number of anilines is 1. The molecule has 3 rings (SSSR count). The SMILES string of the molecule is CC(C)(C)OC(=O)N1CCC(c2nc(N)ccc2C2CCOCC2)C1. The Hall–Kier alpha value is -1.82. The first-order valence-electron chi connectivity index (χ1n) is 9.15. The van der Waals surface area contributed by atoms with Gasteiger partial charge in [-0.15, -0.1) is 0 Å². The van der Waals surface area contributed by atoms with Gasteiger partial charge in [0.05, 0.1) is 5.69 Å². The lowest BCUT2D eigenvalue weighted by atomic mass is 9.86. The van der Waals surface area contributed by atoms with Crippen LogP contribution in [0.2, 0.25) is 0 Å². The van der Waals surface area contributed by atoms with Gasteiger partial charge in [0, 0.05) is 32.2 Å². The minimum absolute atomic E-state index is 0.217. The Bertz CT molecular complexity index is 621. The third-order valence-electron chi connectivity index (χ3n) is 4.87. The van der Waals surface area contributed by atoms with E-state index in [0.29, 0.717) is 24.8 Å². The van der Waals surface area contributed by atoms with E-state index >= 15 is 0 Å². The molecule has 1 amide bonds. The molecular weight excluding hydrogens is 318 g/mol. The highest BCUT2D eigenvalue weighted by atomic mass is 16.6. The molecule has 0 spiro atoms. The summed E-state index contributed by atoms with van der Waals surface area (Å²) in [7, 11) is 0. The van der Waals surface area contributed by atoms with Gasteiger partial charge in [-0.3, -0.25) is 0 Å². The molecule has 6 nitrogen and oxygen atoms in total. The van der Waals surface area contributed by atoms with Gasteiger partial charge in [0.15, 0.2) is 0 Å². The Morgan fingerprint density at radius 1 is 1.24 bits per heavy atom. The number of carbonyl (C=O) groups is 1. The van der Waals surface area contributed by atoms with Gasteiger partial charge in [-0.2, -0.15) is 0 Å². The molecule has 1 aromatic heterocycles. The van der Waals surface area contributed by atoms with Gasteiger partial charge < -0.3 is 20.1 Å². The maximum absolute atomic E-state index is 12.3. The van der Waals surface area contributed by atoms with Crippen molar-refractivity contribution in [1.82, 2.24) is 9.88 Å². The summed E-state index contributed by atoms with van der Waals surface area (Å²) in [6, 6.07) is 4.00. The molecule has 0 saturated carbocycles. The summed E-state index contributed by atoms with van der Waals surface area (Å²) < 4.78 is 11.0. The summed E-state index contributed by atoms with van der Waals surface area (Å²) in [5, 5.41) is 0. The van der Waals surface area contributed by atoms with E-state index < -0.39 is 5.60 Å². The van der Waals surface area contributed by atoms with Gasteiger partial charge in [-0.05, 0) is 57.6 Å². The van der Waals surface area contributed by atoms with E-state index in [1.165, 1.54) is 5.56 Å². The van der Waals surface area contributed by atoms with Gasteiger partial charge in [-0.25, -0.2) is 9.78 Å². The minimum Gasteiger partial charge on any atom is -0.444 e. The first-order valence-corrected chi connectivity index (χ1v) is 9.15. The topological polar surface area (TPSA) is 77.7 Å². The number of carbonyl (C=O) groups excluding carboxylic acids is 1.